The minimum Gasteiger partial charge on any atom is -0.490 e. The minimum absolute atomic E-state index is 0.00269. The summed E-state index contributed by atoms with van der Waals surface area (Å²) in [6, 6.07) is 12.9. The lowest BCUT2D eigenvalue weighted by atomic mass is 10.1. The Hall–Kier alpha value is -2.44. The van der Waals surface area contributed by atoms with Gasteiger partial charge < -0.3 is 20.3 Å². The Morgan fingerprint density at radius 2 is 1.83 bits per heavy atom. The van der Waals surface area contributed by atoms with E-state index in [4.69, 9.17) is 27.9 Å². The van der Waals surface area contributed by atoms with Gasteiger partial charge in [0, 0.05) is 33.3 Å². The molecule has 156 valence electrons. The van der Waals surface area contributed by atoms with Gasteiger partial charge in [-0.25, -0.2) is 0 Å². The van der Waals surface area contributed by atoms with Crippen LogP contribution in [-0.4, -0.2) is 57.6 Å². The van der Waals surface area contributed by atoms with E-state index in [1.807, 2.05) is 24.3 Å². The van der Waals surface area contributed by atoms with Gasteiger partial charge in [0.2, 0.25) is 0 Å². The number of rotatable bonds is 8. The molecule has 2 aromatic carbocycles. The maximum Gasteiger partial charge on any atom is 0.253 e. The molecule has 0 aromatic heterocycles. The molecule has 0 heterocycles. The Labute approximate surface area is 181 Å². The van der Waals surface area contributed by atoms with Crippen molar-refractivity contribution in [1.82, 2.24) is 15.5 Å². The Bertz CT molecular complexity index is 856. The molecule has 8 heteroatoms. The van der Waals surface area contributed by atoms with Gasteiger partial charge in [-0.3, -0.25) is 9.79 Å². The standard InChI is InChI=1S/C21H26Cl2N4O2/c1-24-21(26-12-13-29-18-9-5-8-17(22)19(18)23)25-11-10-15-6-4-7-16(14-15)20(28)27(2)3/h4-9,14H,10-13H2,1-3H3,(H2,24,25,26). The Balaban J connectivity index is 1.75. The van der Waals surface area contributed by atoms with Crippen molar-refractivity contribution in [3.8, 4) is 5.75 Å². The van der Waals surface area contributed by atoms with Crippen LogP contribution in [-0.2, 0) is 6.42 Å². The van der Waals surface area contributed by atoms with Crippen LogP contribution < -0.4 is 15.4 Å². The number of carbonyl (C=O) groups is 1. The molecule has 2 aromatic rings. The molecular weight excluding hydrogens is 411 g/mol. The lowest BCUT2D eigenvalue weighted by Gasteiger charge is -2.14. The highest BCUT2D eigenvalue weighted by atomic mass is 35.5. The fourth-order valence-electron chi connectivity index (χ4n) is 2.59. The second-order valence-electron chi connectivity index (χ2n) is 6.48. The van der Waals surface area contributed by atoms with Crippen molar-refractivity contribution in [2.45, 2.75) is 6.42 Å². The smallest absolute Gasteiger partial charge is 0.253 e. The SMILES string of the molecule is CN=C(NCCOc1cccc(Cl)c1Cl)NCCc1cccc(C(=O)N(C)C)c1. The Morgan fingerprint density at radius 3 is 2.55 bits per heavy atom. The van der Waals surface area contributed by atoms with E-state index in [9.17, 15) is 4.79 Å². The molecule has 0 radical (unpaired) electrons. The first-order valence-electron chi connectivity index (χ1n) is 9.24. The molecular formula is C21H26Cl2N4O2. The number of aliphatic imine (C=N–C) groups is 1. The average molecular weight is 437 g/mol. The van der Waals surface area contributed by atoms with Crippen molar-refractivity contribution in [2.75, 3.05) is 40.8 Å². The van der Waals surface area contributed by atoms with Gasteiger partial charge >= 0.3 is 0 Å². The average Bonchev–Trinajstić information content (AvgIpc) is 2.72. The third-order valence-electron chi connectivity index (χ3n) is 4.08. The van der Waals surface area contributed by atoms with Crippen LogP contribution in [0.2, 0.25) is 10.0 Å². The van der Waals surface area contributed by atoms with Crippen LogP contribution in [0.1, 0.15) is 15.9 Å². The fourth-order valence-corrected chi connectivity index (χ4v) is 2.94. The molecule has 0 spiro atoms. The van der Waals surface area contributed by atoms with Gasteiger partial charge in [-0.1, -0.05) is 41.4 Å². The summed E-state index contributed by atoms with van der Waals surface area (Å²) in [7, 11) is 5.20. The summed E-state index contributed by atoms with van der Waals surface area (Å²) in [4.78, 5) is 17.8. The van der Waals surface area contributed by atoms with Gasteiger partial charge in [0.05, 0.1) is 11.6 Å². The highest BCUT2D eigenvalue weighted by Gasteiger charge is 2.08. The van der Waals surface area contributed by atoms with E-state index < -0.39 is 0 Å². The van der Waals surface area contributed by atoms with Crippen molar-refractivity contribution in [1.29, 1.82) is 0 Å². The molecule has 0 bridgehead atoms. The molecule has 0 saturated carbocycles. The van der Waals surface area contributed by atoms with Gasteiger partial charge in [0.15, 0.2) is 5.96 Å². The number of nitrogens with zero attached hydrogens (tertiary/aromatic N) is 2. The van der Waals surface area contributed by atoms with Crippen molar-refractivity contribution < 1.29 is 9.53 Å². The molecule has 0 aliphatic carbocycles. The van der Waals surface area contributed by atoms with Crippen LogP contribution in [0, 0.1) is 0 Å². The monoisotopic (exact) mass is 436 g/mol. The Kier molecular flexibility index (Phi) is 9.09. The first-order chi connectivity index (χ1) is 13.9. The fraction of sp³-hybridized carbons (Fsp3) is 0.333. The van der Waals surface area contributed by atoms with E-state index >= 15 is 0 Å². The van der Waals surface area contributed by atoms with Crippen LogP contribution >= 0.6 is 23.2 Å². The number of amides is 1. The zero-order valence-electron chi connectivity index (χ0n) is 16.8. The van der Waals surface area contributed by atoms with E-state index in [-0.39, 0.29) is 5.91 Å². The summed E-state index contributed by atoms with van der Waals surface area (Å²) in [6.07, 6.45) is 0.768. The van der Waals surface area contributed by atoms with E-state index in [2.05, 4.69) is 15.6 Å². The first kappa shape index (κ1) is 22.8. The minimum atomic E-state index is -0.00269. The maximum absolute atomic E-state index is 12.1. The molecule has 0 aliphatic rings. The highest BCUT2D eigenvalue weighted by molar-refractivity contribution is 6.42. The predicted octanol–water partition coefficient (Wildman–Crippen LogP) is 3.48. The largest absolute Gasteiger partial charge is 0.490 e. The number of hydrogen-bond acceptors (Lipinski definition) is 3. The third-order valence-corrected chi connectivity index (χ3v) is 4.88. The molecule has 2 rings (SSSR count). The summed E-state index contributed by atoms with van der Waals surface area (Å²) in [6.45, 7) is 1.64. The first-order valence-corrected chi connectivity index (χ1v) is 10.00. The molecule has 0 atom stereocenters. The second kappa shape index (κ2) is 11.5. The van der Waals surface area contributed by atoms with Crippen molar-refractivity contribution in [3.63, 3.8) is 0 Å². The molecule has 0 aliphatic heterocycles. The van der Waals surface area contributed by atoms with Crippen LogP contribution in [0.15, 0.2) is 47.5 Å². The normalized spacial score (nSPS) is 11.1. The van der Waals surface area contributed by atoms with Gasteiger partial charge in [-0.2, -0.15) is 0 Å². The number of halogens is 2. The van der Waals surface area contributed by atoms with Crippen LogP contribution in [0.25, 0.3) is 0 Å². The van der Waals surface area contributed by atoms with Gasteiger partial charge in [0.25, 0.3) is 5.91 Å². The van der Waals surface area contributed by atoms with Gasteiger partial charge in [-0.05, 0) is 36.2 Å². The van der Waals surface area contributed by atoms with Crippen LogP contribution in [0.5, 0.6) is 5.75 Å². The summed E-state index contributed by atoms with van der Waals surface area (Å²) < 4.78 is 5.64. The maximum atomic E-state index is 12.1. The van der Waals surface area contributed by atoms with E-state index in [0.717, 1.165) is 12.0 Å². The lowest BCUT2D eigenvalue weighted by molar-refractivity contribution is 0.0827. The predicted molar refractivity (Wildman–Crippen MR) is 119 cm³/mol. The molecule has 0 unspecified atom stereocenters. The summed E-state index contributed by atoms with van der Waals surface area (Å²) in [5.41, 5.74) is 1.77. The third kappa shape index (κ3) is 7.15. The number of nitrogens with one attached hydrogen (secondary N) is 2. The van der Waals surface area contributed by atoms with Gasteiger partial charge in [-0.15, -0.1) is 0 Å². The highest BCUT2D eigenvalue weighted by Crippen LogP contribution is 2.31. The molecule has 2 N–H and O–H groups in total. The Morgan fingerprint density at radius 1 is 1.10 bits per heavy atom. The second-order valence-corrected chi connectivity index (χ2v) is 7.26. The molecule has 6 nitrogen and oxygen atoms in total. The topological polar surface area (TPSA) is 66.0 Å². The number of ether oxygens (including phenoxy) is 1. The van der Waals surface area contributed by atoms with Crippen LogP contribution in [0.3, 0.4) is 0 Å². The summed E-state index contributed by atoms with van der Waals surface area (Å²) in [5.74, 6) is 1.22. The summed E-state index contributed by atoms with van der Waals surface area (Å²) >= 11 is 12.1. The zero-order valence-corrected chi connectivity index (χ0v) is 18.3. The number of hydrogen-bond donors (Lipinski definition) is 2. The van der Waals surface area contributed by atoms with Gasteiger partial charge in [0.1, 0.15) is 17.4 Å². The van der Waals surface area contributed by atoms with Crippen LogP contribution in [0.4, 0.5) is 0 Å². The molecule has 29 heavy (non-hydrogen) atoms. The molecule has 0 saturated heterocycles. The van der Waals surface area contributed by atoms with E-state index in [1.165, 1.54) is 0 Å². The van der Waals surface area contributed by atoms with E-state index in [1.54, 1.807) is 44.2 Å². The van der Waals surface area contributed by atoms with Crippen molar-refractivity contribution in [2.24, 2.45) is 4.99 Å². The summed E-state index contributed by atoms with van der Waals surface area (Å²) in [5, 5.41) is 7.30. The number of guanidine groups is 1. The van der Waals surface area contributed by atoms with E-state index in [0.29, 0.717) is 47.0 Å². The number of carbonyl (C=O) groups excluding carboxylic acids is 1. The lowest BCUT2D eigenvalue weighted by Crippen LogP contribution is -2.40. The quantitative estimate of drug-likeness (QED) is 0.377. The number of benzene rings is 2. The molecule has 1 amide bonds. The van der Waals surface area contributed by atoms with Crippen molar-refractivity contribution in [3.05, 3.63) is 63.6 Å². The molecule has 0 fully saturated rings. The van der Waals surface area contributed by atoms with Crippen molar-refractivity contribution >= 4 is 35.1 Å². The zero-order chi connectivity index (χ0) is 21.2.